The van der Waals surface area contributed by atoms with Gasteiger partial charge in [0.1, 0.15) is 5.82 Å². The molecule has 0 saturated heterocycles. The van der Waals surface area contributed by atoms with E-state index in [-0.39, 0.29) is 5.69 Å². The molecule has 19 heavy (non-hydrogen) atoms. The molecule has 0 radical (unpaired) electrons. The Kier molecular flexibility index (Phi) is 3.46. The molecule has 0 saturated carbocycles. The van der Waals surface area contributed by atoms with Crippen molar-refractivity contribution in [3.8, 4) is 0 Å². The van der Waals surface area contributed by atoms with Gasteiger partial charge in [-0.25, -0.2) is 9.78 Å². The van der Waals surface area contributed by atoms with E-state index >= 15 is 0 Å². The van der Waals surface area contributed by atoms with Crippen LogP contribution in [-0.4, -0.2) is 30.8 Å². The van der Waals surface area contributed by atoms with Crippen LogP contribution in [0.5, 0.6) is 0 Å². The molecule has 0 aliphatic rings. The summed E-state index contributed by atoms with van der Waals surface area (Å²) in [5.41, 5.74) is 3.00. The van der Waals surface area contributed by atoms with Crippen LogP contribution in [0.1, 0.15) is 27.4 Å². The second-order valence-electron chi connectivity index (χ2n) is 4.22. The van der Waals surface area contributed by atoms with E-state index in [1.165, 1.54) is 12.4 Å². The highest BCUT2D eigenvalue weighted by Gasteiger charge is 2.10. The van der Waals surface area contributed by atoms with E-state index in [0.717, 1.165) is 17.0 Å². The lowest BCUT2D eigenvalue weighted by Crippen LogP contribution is -2.07. The highest BCUT2D eigenvalue weighted by molar-refractivity contribution is 5.85. The number of nitrogens with zero attached hydrogens (tertiary/aromatic N) is 4. The molecule has 0 aromatic carbocycles. The number of aromatic carboxylic acids is 1. The van der Waals surface area contributed by atoms with Gasteiger partial charge in [0, 0.05) is 24.8 Å². The Morgan fingerprint density at radius 1 is 1.42 bits per heavy atom. The lowest BCUT2D eigenvalue weighted by molar-refractivity contribution is 0.0690. The van der Waals surface area contributed by atoms with Gasteiger partial charge in [0.15, 0.2) is 5.69 Å². The number of hydrogen-bond acceptors (Lipinski definition) is 5. The first-order chi connectivity index (χ1) is 8.99. The smallest absolute Gasteiger partial charge is 0.356 e. The van der Waals surface area contributed by atoms with E-state index in [1.807, 2.05) is 25.6 Å². The third-order valence-electron chi connectivity index (χ3n) is 2.96. The van der Waals surface area contributed by atoms with Crippen LogP contribution in [0.25, 0.3) is 0 Å². The molecule has 2 heterocycles. The van der Waals surface area contributed by atoms with Crippen LogP contribution in [-0.2, 0) is 13.6 Å². The third-order valence-corrected chi connectivity index (χ3v) is 2.96. The van der Waals surface area contributed by atoms with Crippen LogP contribution in [0.15, 0.2) is 12.4 Å². The zero-order chi connectivity index (χ0) is 14.0. The van der Waals surface area contributed by atoms with E-state index in [0.29, 0.717) is 12.4 Å². The maximum atomic E-state index is 10.8. The van der Waals surface area contributed by atoms with Crippen LogP contribution >= 0.6 is 0 Å². The molecule has 0 fully saturated rings. The van der Waals surface area contributed by atoms with Crippen molar-refractivity contribution in [2.24, 2.45) is 7.05 Å². The topological polar surface area (TPSA) is 92.9 Å². The molecule has 0 unspecified atom stereocenters. The highest BCUT2D eigenvalue weighted by Crippen LogP contribution is 2.13. The van der Waals surface area contributed by atoms with Crippen LogP contribution in [0.4, 0.5) is 5.82 Å². The fourth-order valence-corrected chi connectivity index (χ4v) is 1.81. The maximum Gasteiger partial charge on any atom is 0.356 e. The van der Waals surface area contributed by atoms with Crippen molar-refractivity contribution in [3.05, 3.63) is 35.0 Å². The van der Waals surface area contributed by atoms with E-state index in [9.17, 15) is 4.79 Å². The summed E-state index contributed by atoms with van der Waals surface area (Å²) in [6, 6.07) is 0. The average molecular weight is 261 g/mol. The fraction of sp³-hybridized carbons (Fsp3) is 0.333. The summed E-state index contributed by atoms with van der Waals surface area (Å²) >= 11 is 0. The van der Waals surface area contributed by atoms with Gasteiger partial charge in [0.25, 0.3) is 0 Å². The molecule has 2 rings (SSSR count). The zero-order valence-electron chi connectivity index (χ0n) is 11.0. The second-order valence-corrected chi connectivity index (χ2v) is 4.22. The van der Waals surface area contributed by atoms with Crippen molar-refractivity contribution >= 4 is 11.8 Å². The summed E-state index contributed by atoms with van der Waals surface area (Å²) in [4.78, 5) is 18.6. The Hall–Kier alpha value is -2.44. The Morgan fingerprint density at radius 2 is 2.16 bits per heavy atom. The summed E-state index contributed by atoms with van der Waals surface area (Å²) in [5, 5.41) is 16.2. The van der Waals surface area contributed by atoms with Gasteiger partial charge < -0.3 is 10.4 Å². The van der Waals surface area contributed by atoms with Crippen LogP contribution < -0.4 is 5.32 Å². The molecule has 2 aromatic heterocycles. The highest BCUT2D eigenvalue weighted by atomic mass is 16.4. The van der Waals surface area contributed by atoms with Crippen molar-refractivity contribution < 1.29 is 9.90 Å². The first kappa shape index (κ1) is 13.0. The SMILES string of the molecule is Cc1nn(C)c(C)c1CNc1cncc(C(=O)O)n1. The predicted molar refractivity (Wildman–Crippen MR) is 69.0 cm³/mol. The second kappa shape index (κ2) is 5.05. The van der Waals surface area contributed by atoms with Crippen molar-refractivity contribution in [2.75, 3.05) is 5.32 Å². The summed E-state index contributed by atoms with van der Waals surface area (Å²) in [6.45, 7) is 4.45. The summed E-state index contributed by atoms with van der Waals surface area (Å²) < 4.78 is 1.81. The van der Waals surface area contributed by atoms with Crippen LogP contribution in [0.3, 0.4) is 0 Å². The molecule has 0 aliphatic carbocycles. The monoisotopic (exact) mass is 261 g/mol. The van der Waals surface area contributed by atoms with E-state index in [4.69, 9.17) is 5.11 Å². The quantitative estimate of drug-likeness (QED) is 0.857. The Balaban J connectivity index is 2.14. The van der Waals surface area contributed by atoms with Gasteiger partial charge in [0.2, 0.25) is 0 Å². The number of nitrogens with one attached hydrogen (secondary N) is 1. The number of hydrogen-bond donors (Lipinski definition) is 2. The standard InChI is InChI=1S/C12H15N5O2/c1-7-9(8(2)17(3)16-7)4-14-11-6-13-5-10(15-11)12(18)19/h5-6H,4H2,1-3H3,(H,14,15)(H,18,19). The molecule has 7 heteroatoms. The van der Waals surface area contributed by atoms with Crippen molar-refractivity contribution in [3.63, 3.8) is 0 Å². The minimum atomic E-state index is -1.09. The van der Waals surface area contributed by atoms with Gasteiger partial charge >= 0.3 is 5.97 Å². The summed E-state index contributed by atoms with van der Waals surface area (Å²) in [7, 11) is 1.89. The molecule has 100 valence electrons. The predicted octanol–water partition coefficient (Wildman–Crippen LogP) is 1.14. The molecule has 2 aromatic rings. The number of carboxylic acid groups (broad SMARTS) is 1. The van der Waals surface area contributed by atoms with Crippen molar-refractivity contribution in [1.82, 2.24) is 19.7 Å². The van der Waals surface area contributed by atoms with E-state index in [2.05, 4.69) is 20.4 Å². The minimum absolute atomic E-state index is 0.0790. The lowest BCUT2D eigenvalue weighted by atomic mass is 10.2. The lowest BCUT2D eigenvalue weighted by Gasteiger charge is -2.06. The number of rotatable bonds is 4. The Morgan fingerprint density at radius 3 is 2.74 bits per heavy atom. The molecular weight excluding hydrogens is 246 g/mol. The molecule has 0 aliphatic heterocycles. The number of aryl methyl sites for hydroxylation is 2. The van der Waals surface area contributed by atoms with Crippen LogP contribution in [0.2, 0.25) is 0 Å². The van der Waals surface area contributed by atoms with E-state index in [1.54, 1.807) is 0 Å². The number of carbonyl (C=O) groups is 1. The Labute approximate surface area is 110 Å². The fourth-order valence-electron chi connectivity index (χ4n) is 1.81. The largest absolute Gasteiger partial charge is 0.476 e. The summed E-state index contributed by atoms with van der Waals surface area (Å²) in [5.74, 6) is -0.660. The van der Waals surface area contributed by atoms with Crippen molar-refractivity contribution in [1.29, 1.82) is 0 Å². The first-order valence-corrected chi connectivity index (χ1v) is 5.77. The minimum Gasteiger partial charge on any atom is -0.476 e. The zero-order valence-corrected chi connectivity index (χ0v) is 11.0. The van der Waals surface area contributed by atoms with Crippen molar-refractivity contribution in [2.45, 2.75) is 20.4 Å². The molecule has 0 bridgehead atoms. The third kappa shape index (κ3) is 2.70. The van der Waals surface area contributed by atoms with Gasteiger partial charge in [-0.3, -0.25) is 9.67 Å². The summed E-state index contributed by atoms with van der Waals surface area (Å²) in [6.07, 6.45) is 2.71. The number of carboxylic acids is 1. The van der Waals surface area contributed by atoms with Crippen LogP contribution in [0, 0.1) is 13.8 Å². The number of anilines is 1. The van der Waals surface area contributed by atoms with Gasteiger partial charge in [-0.1, -0.05) is 0 Å². The Bertz CT molecular complexity index is 621. The van der Waals surface area contributed by atoms with E-state index < -0.39 is 5.97 Å². The molecule has 0 amide bonds. The number of aromatic nitrogens is 4. The molecule has 0 atom stereocenters. The molecule has 0 spiro atoms. The average Bonchev–Trinajstić information content (AvgIpc) is 2.61. The van der Waals surface area contributed by atoms with Gasteiger partial charge in [-0.2, -0.15) is 5.10 Å². The van der Waals surface area contributed by atoms with Gasteiger partial charge in [0.05, 0.1) is 18.1 Å². The normalized spacial score (nSPS) is 10.5. The molecular formula is C12H15N5O2. The maximum absolute atomic E-state index is 10.8. The molecule has 7 nitrogen and oxygen atoms in total. The molecule has 2 N–H and O–H groups in total. The van der Waals surface area contributed by atoms with Gasteiger partial charge in [-0.15, -0.1) is 0 Å². The first-order valence-electron chi connectivity index (χ1n) is 5.77. The van der Waals surface area contributed by atoms with Gasteiger partial charge in [-0.05, 0) is 13.8 Å².